The topological polar surface area (TPSA) is 55.8 Å². The van der Waals surface area contributed by atoms with E-state index >= 15 is 0 Å². The molecule has 1 N–H and O–H groups in total. The molecule has 4 heteroatoms. The van der Waals surface area contributed by atoms with E-state index in [9.17, 15) is 4.79 Å². The summed E-state index contributed by atoms with van der Waals surface area (Å²) >= 11 is 0. The number of aliphatic carboxylic acids is 1. The summed E-state index contributed by atoms with van der Waals surface area (Å²) in [6, 6.07) is 0. The molecular weight excluding hydrogens is 244 g/mol. The molecule has 1 fully saturated rings. The number of ether oxygens (including phenoxy) is 2. The summed E-state index contributed by atoms with van der Waals surface area (Å²) in [6.45, 7) is 2.27. The Morgan fingerprint density at radius 2 is 1.58 bits per heavy atom. The number of carbonyl (C=O) groups is 1. The minimum absolute atomic E-state index is 0.323. The largest absolute Gasteiger partial charge is 0.481 e. The molecule has 0 unspecified atom stereocenters. The van der Waals surface area contributed by atoms with Gasteiger partial charge in [-0.3, -0.25) is 4.79 Å². The molecule has 0 aromatic carbocycles. The molecule has 1 heterocycles. The van der Waals surface area contributed by atoms with Crippen LogP contribution in [0.25, 0.3) is 0 Å². The molecule has 0 saturated carbocycles. The summed E-state index contributed by atoms with van der Waals surface area (Å²) in [4.78, 5) is 10.3. The van der Waals surface area contributed by atoms with Crippen molar-refractivity contribution < 1.29 is 19.4 Å². The van der Waals surface area contributed by atoms with Crippen LogP contribution in [-0.2, 0) is 14.3 Å². The molecule has 0 radical (unpaired) electrons. The Balaban J connectivity index is 1.74. The molecule has 0 spiro atoms. The normalized spacial score (nSPS) is 19.5. The number of rotatable bonds is 11. The summed E-state index contributed by atoms with van der Waals surface area (Å²) in [5.41, 5.74) is 0. The van der Waals surface area contributed by atoms with Crippen molar-refractivity contribution in [3.8, 4) is 0 Å². The van der Waals surface area contributed by atoms with E-state index in [1.54, 1.807) is 0 Å². The Morgan fingerprint density at radius 3 is 2.16 bits per heavy atom. The standard InChI is InChI=1S/C15H28O4/c16-15(17)10-8-6-4-2-1-3-5-7-9-14-13-18-11-12-19-14/h14H,1-13H2,(H,16,17)/t14-/m0/s1. The Labute approximate surface area is 116 Å². The fourth-order valence-corrected chi connectivity index (χ4v) is 2.41. The first-order valence-corrected chi connectivity index (χ1v) is 7.70. The average Bonchev–Trinajstić information content (AvgIpc) is 2.42. The first-order chi connectivity index (χ1) is 9.29. The molecule has 1 aliphatic rings. The summed E-state index contributed by atoms with van der Waals surface area (Å²) < 4.78 is 11.0. The highest BCUT2D eigenvalue weighted by atomic mass is 16.6. The molecule has 0 aromatic rings. The fourth-order valence-electron chi connectivity index (χ4n) is 2.41. The third-order valence-electron chi connectivity index (χ3n) is 3.55. The first kappa shape index (κ1) is 16.4. The van der Waals surface area contributed by atoms with Crippen molar-refractivity contribution in [3.05, 3.63) is 0 Å². The van der Waals surface area contributed by atoms with E-state index < -0.39 is 5.97 Å². The molecule has 1 saturated heterocycles. The van der Waals surface area contributed by atoms with Crippen LogP contribution in [0.2, 0.25) is 0 Å². The number of hydrogen-bond donors (Lipinski definition) is 1. The van der Waals surface area contributed by atoms with Crippen molar-refractivity contribution in [1.29, 1.82) is 0 Å². The van der Waals surface area contributed by atoms with E-state index in [1.807, 2.05) is 0 Å². The molecule has 0 aromatic heterocycles. The maximum Gasteiger partial charge on any atom is 0.303 e. The van der Waals surface area contributed by atoms with Crippen molar-refractivity contribution in [1.82, 2.24) is 0 Å². The van der Waals surface area contributed by atoms with Crippen LogP contribution in [0.4, 0.5) is 0 Å². The van der Waals surface area contributed by atoms with Crippen LogP contribution in [-0.4, -0.2) is 37.0 Å². The second-order valence-electron chi connectivity index (χ2n) is 5.33. The zero-order chi connectivity index (χ0) is 13.8. The van der Waals surface area contributed by atoms with Gasteiger partial charge in [-0.2, -0.15) is 0 Å². The summed E-state index contributed by atoms with van der Waals surface area (Å²) in [6.07, 6.45) is 11.1. The van der Waals surface area contributed by atoms with Crippen LogP contribution < -0.4 is 0 Å². The molecule has 1 rings (SSSR count). The number of unbranched alkanes of at least 4 members (excludes halogenated alkanes) is 7. The van der Waals surface area contributed by atoms with Gasteiger partial charge >= 0.3 is 5.97 Å². The van der Waals surface area contributed by atoms with Crippen LogP contribution in [0.15, 0.2) is 0 Å². The Hall–Kier alpha value is -0.610. The van der Waals surface area contributed by atoms with Gasteiger partial charge in [-0.1, -0.05) is 44.9 Å². The van der Waals surface area contributed by atoms with Gasteiger partial charge in [0.05, 0.1) is 25.9 Å². The van der Waals surface area contributed by atoms with Crippen molar-refractivity contribution in [2.75, 3.05) is 19.8 Å². The quantitative estimate of drug-likeness (QED) is 0.586. The van der Waals surface area contributed by atoms with Gasteiger partial charge in [-0.15, -0.1) is 0 Å². The third-order valence-corrected chi connectivity index (χ3v) is 3.55. The molecule has 112 valence electrons. The van der Waals surface area contributed by atoms with Crippen LogP contribution in [0, 0.1) is 0 Å². The molecule has 1 aliphatic heterocycles. The number of carboxylic acids is 1. The zero-order valence-electron chi connectivity index (χ0n) is 11.9. The number of carboxylic acid groups (broad SMARTS) is 1. The van der Waals surface area contributed by atoms with E-state index in [4.69, 9.17) is 14.6 Å². The minimum atomic E-state index is -0.672. The minimum Gasteiger partial charge on any atom is -0.481 e. The van der Waals surface area contributed by atoms with Gasteiger partial charge in [-0.25, -0.2) is 0 Å². The SMILES string of the molecule is O=C(O)CCCCCCCCCC[C@H]1COCCO1. The second kappa shape index (κ2) is 11.2. The average molecular weight is 272 g/mol. The Kier molecular flexibility index (Phi) is 9.72. The lowest BCUT2D eigenvalue weighted by Gasteiger charge is -2.22. The van der Waals surface area contributed by atoms with Crippen LogP contribution in [0.3, 0.4) is 0 Å². The number of hydrogen-bond acceptors (Lipinski definition) is 3. The molecule has 0 amide bonds. The van der Waals surface area contributed by atoms with Gasteiger partial charge in [0.2, 0.25) is 0 Å². The zero-order valence-corrected chi connectivity index (χ0v) is 11.9. The summed E-state index contributed by atoms with van der Waals surface area (Å²) in [5, 5.41) is 8.50. The van der Waals surface area contributed by atoms with Gasteiger partial charge in [0.25, 0.3) is 0 Å². The first-order valence-electron chi connectivity index (χ1n) is 7.70. The lowest BCUT2D eigenvalue weighted by atomic mass is 10.0. The third kappa shape index (κ3) is 9.91. The summed E-state index contributed by atoms with van der Waals surface area (Å²) in [7, 11) is 0. The van der Waals surface area contributed by atoms with Gasteiger partial charge < -0.3 is 14.6 Å². The fraction of sp³-hybridized carbons (Fsp3) is 0.933. The van der Waals surface area contributed by atoms with Gasteiger partial charge in [0, 0.05) is 6.42 Å². The second-order valence-corrected chi connectivity index (χ2v) is 5.33. The van der Waals surface area contributed by atoms with Gasteiger partial charge in [0.15, 0.2) is 0 Å². The van der Waals surface area contributed by atoms with E-state index in [-0.39, 0.29) is 0 Å². The van der Waals surface area contributed by atoms with Crippen molar-refractivity contribution in [3.63, 3.8) is 0 Å². The molecule has 1 atom stereocenters. The highest BCUT2D eigenvalue weighted by Gasteiger charge is 2.13. The van der Waals surface area contributed by atoms with Crippen LogP contribution in [0.5, 0.6) is 0 Å². The maximum atomic E-state index is 10.3. The molecule has 0 aliphatic carbocycles. The summed E-state index contributed by atoms with van der Waals surface area (Å²) in [5.74, 6) is -0.672. The van der Waals surface area contributed by atoms with E-state index in [2.05, 4.69) is 0 Å². The molecule has 19 heavy (non-hydrogen) atoms. The van der Waals surface area contributed by atoms with Crippen LogP contribution in [0.1, 0.15) is 64.2 Å². The van der Waals surface area contributed by atoms with Crippen LogP contribution >= 0.6 is 0 Å². The predicted octanol–water partition coefficient (Wildman–Crippen LogP) is 3.39. The maximum absolute atomic E-state index is 10.3. The van der Waals surface area contributed by atoms with Crippen molar-refractivity contribution in [2.45, 2.75) is 70.3 Å². The predicted molar refractivity (Wildman–Crippen MR) is 74.4 cm³/mol. The molecular formula is C15H28O4. The van der Waals surface area contributed by atoms with E-state index in [0.29, 0.717) is 12.5 Å². The van der Waals surface area contributed by atoms with E-state index in [1.165, 1.54) is 38.5 Å². The molecule has 4 nitrogen and oxygen atoms in total. The van der Waals surface area contributed by atoms with Gasteiger partial charge in [0.1, 0.15) is 0 Å². The van der Waals surface area contributed by atoms with E-state index in [0.717, 1.165) is 39.1 Å². The highest BCUT2D eigenvalue weighted by Crippen LogP contribution is 2.13. The van der Waals surface area contributed by atoms with Gasteiger partial charge in [-0.05, 0) is 12.8 Å². The van der Waals surface area contributed by atoms with Crippen molar-refractivity contribution in [2.24, 2.45) is 0 Å². The smallest absolute Gasteiger partial charge is 0.303 e. The lowest BCUT2D eigenvalue weighted by Crippen LogP contribution is -2.28. The lowest BCUT2D eigenvalue weighted by molar-refractivity contribution is -0.137. The monoisotopic (exact) mass is 272 g/mol. The molecule has 0 bridgehead atoms. The van der Waals surface area contributed by atoms with Crippen molar-refractivity contribution >= 4 is 5.97 Å². The highest BCUT2D eigenvalue weighted by molar-refractivity contribution is 5.66. The Morgan fingerprint density at radius 1 is 0.947 bits per heavy atom. The Bertz CT molecular complexity index is 224.